The van der Waals surface area contributed by atoms with Crippen LogP contribution >= 0.6 is 0 Å². The van der Waals surface area contributed by atoms with Gasteiger partial charge in [-0.2, -0.15) is 4.98 Å². The summed E-state index contributed by atoms with van der Waals surface area (Å²) in [6.45, 7) is 2.56. The Kier molecular flexibility index (Phi) is 5.30. The molecule has 0 aliphatic carbocycles. The van der Waals surface area contributed by atoms with Crippen molar-refractivity contribution in [1.29, 1.82) is 0 Å². The lowest BCUT2D eigenvalue weighted by molar-refractivity contribution is -0.126. The molecule has 0 radical (unpaired) electrons. The number of aryl methyl sites for hydroxylation is 1. The van der Waals surface area contributed by atoms with Gasteiger partial charge in [0, 0.05) is 31.1 Å². The van der Waals surface area contributed by atoms with E-state index in [4.69, 9.17) is 9.26 Å². The molecule has 0 saturated carbocycles. The number of aromatic nitrogens is 3. The van der Waals surface area contributed by atoms with E-state index in [9.17, 15) is 9.59 Å². The molecule has 1 aromatic carbocycles. The second kappa shape index (κ2) is 8.04. The van der Waals surface area contributed by atoms with Crippen LogP contribution in [0.3, 0.4) is 0 Å². The molecule has 152 valence electrons. The predicted octanol–water partition coefficient (Wildman–Crippen LogP) is 1.62. The number of hydrogen-bond donors (Lipinski definition) is 2. The van der Waals surface area contributed by atoms with E-state index in [0.717, 1.165) is 10.9 Å². The van der Waals surface area contributed by atoms with Gasteiger partial charge in [-0.05, 0) is 25.5 Å². The van der Waals surface area contributed by atoms with Crippen molar-refractivity contribution in [3.63, 3.8) is 0 Å². The summed E-state index contributed by atoms with van der Waals surface area (Å²) in [5, 5.41) is 7.79. The highest BCUT2D eigenvalue weighted by molar-refractivity contribution is 5.98. The van der Waals surface area contributed by atoms with Crippen LogP contribution < -0.4 is 5.32 Å². The Hall–Kier alpha value is -3.20. The van der Waals surface area contributed by atoms with Crippen molar-refractivity contribution in [3.05, 3.63) is 47.7 Å². The topological polar surface area (TPSA) is 113 Å². The fourth-order valence-electron chi connectivity index (χ4n) is 3.78. The summed E-state index contributed by atoms with van der Waals surface area (Å²) in [6.07, 6.45) is 0.603. The van der Waals surface area contributed by atoms with Crippen LogP contribution in [0.1, 0.15) is 34.5 Å². The maximum atomic E-state index is 13.1. The van der Waals surface area contributed by atoms with Crippen LogP contribution in [0, 0.1) is 6.92 Å². The number of hydrogen-bond acceptors (Lipinski definition) is 6. The lowest BCUT2D eigenvalue weighted by atomic mass is 9.91. The highest BCUT2D eigenvalue weighted by Gasteiger charge is 2.37. The van der Waals surface area contributed by atoms with Crippen molar-refractivity contribution < 1.29 is 18.8 Å². The van der Waals surface area contributed by atoms with Gasteiger partial charge < -0.3 is 24.5 Å². The van der Waals surface area contributed by atoms with E-state index in [1.165, 1.54) is 7.11 Å². The van der Waals surface area contributed by atoms with Gasteiger partial charge in [0.1, 0.15) is 12.3 Å². The highest BCUT2D eigenvalue weighted by Crippen LogP contribution is 2.28. The maximum absolute atomic E-state index is 13.1. The van der Waals surface area contributed by atoms with Crippen LogP contribution in [0.25, 0.3) is 10.9 Å². The van der Waals surface area contributed by atoms with E-state index in [-0.39, 0.29) is 30.4 Å². The number of nitrogens with one attached hydrogen (secondary N) is 2. The van der Waals surface area contributed by atoms with E-state index in [1.54, 1.807) is 11.8 Å². The minimum atomic E-state index is -0.348. The van der Waals surface area contributed by atoms with Crippen LogP contribution in [0.5, 0.6) is 0 Å². The molecule has 9 heteroatoms. The third-order valence-corrected chi connectivity index (χ3v) is 5.14. The fourth-order valence-corrected chi connectivity index (χ4v) is 3.78. The molecule has 2 aromatic heterocycles. The molecule has 2 amide bonds. The quantitative estimate of drug-likeness (QED) is 0.676. The van der Waals surface area contributed by atoms with Gasteiger partial charge in [0.25, 0.3) is 5.91 Å². The number of nitrogens with zero attached hydrogens (tertiary/aromatic N) is 3. The molecule has 1 fully saturated rings. The van der Waals surface area contributed by atoms with Crippen molar-refractivity contribution in [2.75, 3.05) is 26.8 Å². The number of amides is 2. The Morgan fingerprint density at radius 2 is 2.21 bits per heavy atom. The van der Waals surface area contributed by atoms with Gasteiger partial charge in [-0.15, -0.1) is 0 Å². The van der Waals surface area contributed by atoms with Gasteiger partial charge in [0.15, 0.2) is 5.82 Å². The number of fused-ring (bicyclic) bond motifs is 1. The number of aromatic amines is 1. The van der Waals surface area contributed by atoms with Crippen molar-refractivity contribution in [2.24, 2.45) is 0 Å². The minimum absolute atomic E-state index is 0.0535. The molecule has 2 N–H and O–H groups in total. The van der Waals surface area contributed by atoms with Gasteiger partial charge in [-0.25, -0.2) is 0 Å². The summed E-state index contributed by atoms with van der Waals surface area (Å²) >= 11 is 0. The van der Waals surface area contributed by atoms with Gasteiger partial charge >= 0.3 is 0 Å². The first-order valence-corrected chi connectivity index (χ1v) is 9.50. The molecule has 1 aliphatic heterocycles. The lowest BCUT2D eigenvalue weighted by Crippen LogP contribution is -2.53. The third-order valence-electron chi connectivity index (χ3n) is 5.14. The monoisotopic (exact) mass is 397 g/mol. The number of piperidine rings is 1. The molecule has 0 unspecified atom stereocenters. The van der Waals surface area contributed by atoms with E-state index in [2.05, 4.69) is 20.4 Å². The summed E-state index contributed by atoms with van der Waals surface area (Å²) < 4.78 is 10.3. The Balaban J connectivity index is 1.54. The molecule has 1 aliphatic rings. The largest absolute Gasteiger partial charge is 0.375 e. The first-order chi connectivity index (χ1) is 14.0. The third kappa shape index (κ3) is 4.00. The van der Waals surface area contributed by atoms with Crippen molar-refractivity contribution in [1.82, 2.24) is 25.3 Å². The van der Waals surface area contributed by atoms with Gasteiger partial charge in [-0.1, -0.05) is 23.4 Å². The van der Waals surface area contributed by atoms with E-state index in [1.807, 2.05) is 30.3 Å². The Morgan fingerprint density at radius 1 is 1.38 bits per heavy atom. The maximum Gasteiger partial charge on any atom is 0.270 e. The summed E-state index contributed by atoms with van der Waals surface area (Å²) in [6, 6.07) is 9.25. The number of benzene rings is 1. The second-order valence-electron chi connectivity index (χ2n) is 7.20. The fraction of sp³-hybridized carbons (Fsp3) is 0.400. The minimum Gasteiger partial charge on any atom is -0.375 e. The van der Waals surface area contributed by atoms with Crippen molar-refractivity contribution in [2.45, 2.75) is 25.3 Å². The van der Waals surface area contributed by atoms with Crippen LogP contribution in [-0.2, 0) is 9.53 Å². The number of H-pyrrole nitrogens is 1. The molecular formula is C20H23N5O4. The summed E-state index contributed by atoms with van der Waals surface area (Å²) in [5.41, 5.74) is 1.44. The Labute approximate surface area is 167 Å². The van der Waals surface area contributed by atoms with Crippen LogP contribution in [0.4, 0.5) is 0 Å². The van der Waals surface area contributed by atoms with Gasteiger partial charge in [0.05, 0.1) is 12.0 Å². The number of carbonyl (C=O) groups is 2. The number of para-hydroxylation sites is 1. The number of rotatable bonds is 5. The molecule has 3 aromatic rings. The van der Waals surface area contributed by atoms with Crippen LogP contribution in [-0.4, -0.2) is 64.7 Å². The SMILES string of the molecule is COCC(=O)N[C@@H]1CN(C(=O)c2cc3ccccc3[nH]2)CC[C@@H]1c1nc(C)no1. The molecular weight excluding hydrogens is 374 g/mol. The standard InChI is InChI=1S/C20H23N5O4/c1-12-21-19(29-24-12)14-7-8-25(10-17(14)23-18(26)11-28-2)20(27)16-9-13-5-3-4-6-15(13)22-16/h3-6,9,14,17,22H,7-8,10-11H2,1-2H3,(H,23,26)/t14-,17+/m0/s1. The van der Waals surface area contributed by atoms with Crippen LogP contribution in [0.15, 0.2) is 34.9 Å². The predicted molar refractivity (Wildman–Crippen MR) is 104 cm³/mol. The number of carbonyl (C=O) groups excluding carboxylic acids is 2. The Bertz CT molecular complexity index is 994. The van der Waals surface area contributed by atoms with E-state index >= 15 is 0 Å². The summed E-state index contributed by atoms with van der Waals surface area (Å²) in [7, 11) is 1.46. The average Bonchev–Trinajstić information content (AvgIpc) is 3.33. The van der Waals surface area contributed by atoms with Gasteiger partial charge in [-0.3, -0.25) is 9.59 Å². The molecule has 4 rings (SSSR count). The number of ether oxygens (including phenoxy) is 1. The molecule has 9 nitrogen and oxygen atoms in total. The molecule has 1 saturated heterocycles. The lowest BCUT2D eigenvalue weighted by Gasteiger charge is -2.37. The molecule has 0 bridgehead atoms. The van der Waals surface area contributed by atoms with Gasteiger partial charge in [0.2, 0.25) is 11.8 Å². The summed E-state index contributed by atoms with van der Waals surface area (Å²) in [4.78, 5) is 34.5. The first kappa shape index (κ1) is 19.1. The average molecular weight is 397 g/mol. The van der Waals surface area contributed by atoms with Crippen molar-refractivity contribution >= 4 is 22.7 Å². The molecule has 2 atom stereocenters. The smallest absolute Gasteiger partial charge is 0.270 e. The first-order valence-electron chi connectivity index (χ1n) is 9.50. The zero-order chi connectivity index (χ0) is 20.4. The normalized spacial score (nSPS) is 19.4. The second-order valence-corrected chi connectivity index (χ2v) is 7.20. The summed E-state index contributed by atoms with van der Waals surface area (Å²) in [5.74, 6) is 0.497. The zero-order valence-corrected chi connectivity index (χ0v) is 16.3. The molecule has 29 heavy (non-hydrogen) atoms. The highest BCUT2D eigenvalue weighted by atomic mass is 16.5. The number of likely N-dealkylation sites (tertiary alicyclic amines) is 1. The Morgan fingerprint density at radius 3 is 2.93 bits per heavy atom. The van der Waals surface area contributed by atoms with Crippen molar-refractivity contribution in [3.8, 4) is 0 Å². The van der Waals surface area contributed by atoms with E-state index in [0.29, 0.717) is 36.9 Å². The number of methoxy groups -OCH3 is 1. The zero-order valence-electron chi connectivity index (χ0n) is 16.3. The van der Waals surface area contributed by atoms with E-state index < -0.39 is 0 Å². The molecule has 3 heterocycles. The molecule has 0 spiro atoms. The van der Waals surface area contributed by atoms with Crippen LogP contribution in [0.2, 0.25) is 0 Å².